The number of hydrogen-bond donors (Lipinski definition) is 0. The lowest BCUT2D eigenvalue weighted by atomic mass is 10.1. The van der Waals surface area contributed by atoms with E-state index in [0.717, 1.165) is 0 Å². The topological polar surface area (TPSA) is 63.7 Å². The average Bonchev–Trinajstić information content (AvgIpc) is 2.57. The van der Waals surface area contributed by atoms with Crippen LogP contribution in [0.15, 0.2) is 0 Å². The number of ether oxygens (including phenoxy) is 1. The minimum Gasteiger partial charge on any atom is -0.444 e. The van der Waals surface area contributed by atoms with E-state index in [1.165, 1.54) is 11.8 Å². The molecule has 0 aromatic heterocycles. The number of carbonyl (C=O) groups excluding carboxylic acids is 3. The first-order valence-electron chi connectivity index (χ1n) is 5.73. The summed E-state index contributed by atoms with van der Waals surface area (Å²) in [5, 5.41) is 0. The zero-order valence-corrected chi connectivity index (χ0v) is 10.7. The van der Waals surface area contributed by atoms with Crippen LogP contribution in [-0.4, -0.2) is 40.7 Å². The van der Waals surface area contributed by atoms with E-state index in [-0.39, 0.29) is 5.78 Å². The van der Waals surface area contributed by atoms with Crippen molar-refractivity contribution in [3.8, 4) is 0 Å². The number of Topliss-reactive ketones (excluding diaryl/α,β-unsaturated/α-hetero) is 1. The van der Waals surface area contributed by atoms with Gasteiger partial charge >= 0.3 is 6.09 Å². The van der Waals surface area contributed by atoms with Crippen molar-refractivity contribution in [2.24, 2.45) is 0 Å². The van der Waals surface area contributed by atoms with Gasteiger partial charge in [0.05, 0.1) is 12.1 Å². The van der Waals surface area contributed by atoms with Crippen LogP contribution in [0, 0.1) is 0 Å². The van der Waals surface area contributed by atoms with Gasteiger partial charge in [0.15, 0.2) is 5.78 Å². The van der Waals surface area contributed by atoms with Crippen LogP contribution in [0.2, 0.25) is 0 Å². The highest BCUT2D eigenvalue weighted by Crippen LogP contribution is 2.26. The van der Waals surface area contributed by atoms with Gasteiger partial charge in [-0.2, -0.15) is 0 Å². The molecule has 1 rings (SSSR count). The second kappa shape index (κ2) is 4.85. The lowest BCUT2D eigenvalue weighted by molar-refractivity contribution is -0.122. The Labute approximate surface area is 101 Å². The van der Waals surface area contributed by atoms with Crippen molar-refractivity contribution >= 4 is 18.2 Å². The Bertz CT molecular complexity index is 332. The standard InChI is InChI=1S/C12H19NO4/c1-8(15)10-6-5-9(7-14)13(10)11(16)17-12(2,3)4/h7,9-10H,5-6H2,1-4H3/t9?,10-/m0/s1. The number of ketones is 1. The van der Waals surface area contributed by atoms with Crippen molar-refractivity contribution in [3.05, 3.63) is 0 Å². The molecule has 96 valence electrons. The normalized spacial score (nSPS) is 24.6. The SMILES string of the molecule is CC(=O)[C@@H]1CCC(C=O)N1C(=O)OC(C)(C)C. The van der Waals surface area contributed by atoms with Gasteiger partial charge in [-0.1, -0.05) is 0 Å². The van der Waals surface area contributed by atoms with Crippen molar-refractivity contribution in [3.63, 3.8) is 0 Å². The first kappa shape index (κ1) is 13.7. The summed E-state index contributed by atoms with van der Waals surface area (Å²) in [5.41, 5.74) is -0.631. The molecule has 1 aliphatic heterocycles. The molecule has 0 aromatic rings. The summed E-state index contributed by atoms with van der Waals surface area (Å²) < 4.78 is 5.21. The summed E-state index contributed by atoms with van der Waals surface area (Å²) in [6.45, 7) is 6.67. The van der Waals surface area contributed by atoms with Gasteiger partial charge in [-0.3, -0.25) is 9.69 Å². The van der Waals surface area contributed by atoms with Gasteiger partial charge in [-0.15, -0.1) is 0 Å². The number of likely N-dealkylation sites (tertiary alicyclic amines) is 1. The number of aldehydes is 1. The number of nitrogens with zero attached hydrogens (tertiary/aromatic N) is 1. The third-order valence-corrected chi connectivity index (χ3v) is 2.66. The quantitative estimate of drug-likeness (QED) is 0.688. The van der Waals surface area contributed by atoms with E-state index >= 15 is 0 Å². The van der Waals surface area contributed by atoms with Crippen LogP contribution in [0.4, 0.5) is 4.79 Å². The summed E-state index contributed by atoms with van der Waals surface area (Å²) >= 11 is 0. The zero-order valence-electron chi connectivity index (χ0n) is 10.7. The Kier molecular flexibility index (Phi) is 3.91. The molecule has 0 spiro atoms. The lowest BCUT2D eigenvalue weighted by Crippen LogP contribution is -2.47. The van der Waals surface area contributed by atoms with E-state index in [4.69, 9.17) is 4.74 Å². The Balaban J connectivity index is 2.85. The molecule has 1 saturated heterocycles. The summed E-state index contributed by atoms with van der Waals surface area (Å²) in [7, 11) is 0. The predicted octanol–water partition coefficient (Wildman–Crippen LogP) is 1.54. The summed E-state index contributed by atoms with van der Waals surface area (Å²) in [4.78, 5) is 35.5. The number of amides is 1. The van der Waals surface area contributed by atoms with Crippen LogP contribution >= 0.6 is 0 Å². The van der Waals surface area contributed by atoms with Gasteiger partial charge in [0.25, 0.3) is 0 Å². The monoisotopic (exact) mass is 241 g/mol. The third-order valence-electron chi connectivity index (χ3n) is 2.66. The predicted molar refractivity (Wildman–Crippen MR) is 61.6 cm³/mol. The van der Waals surface area contributed by atoms with Crippen LogP contribution < -0.4 is 0 Å². The first-order chi connectivity index (χ1) is 7.76. The highest BCUT2D eigenvalue weighted by Gasteiger charge is 2.41. The Morgan fingerprint density at radius 3 is 2.29 bits per heavy atom. The Hall–Kier alpha value is -1.39. The van der Waals surface area contributed by atoms with Gasteiger partial charge in [0, 0.05) is 0 Å². The van der Waals surface area contributed by atoms with E-state index in [2.05, 4.69) is 0 Å². The maximum Gasteiger partial charge on any atom is 0.411 e. The molecule has 0 radical (unpaired) electrons. The minimum atomic E-state index is -0.631. The zero-order chi connectivity index (χ0) is 13.2. The molecular formula is C12H19NO4. The highest BCUT2D eigenvalue weighted by atomic mass is 16.6. The largest absolute Gasteiger partial charge is 0.444 e. The van der Waals surface area contributed by atoms with E-state index in [0.29, 0.717) is 19.1 Å². The van der Waals surface area contributed by atoms with Crippen molar-refractivity contribution in [2.75, 3.05) is 0 Å². The van der Waals surface area contributed by atoms with E-state index in [1.54, 1.807) is 20.8 Å². The van der Waals surface area contributed by atoms with Crippen molar-refractivity contribution in [1.82, 2.24) is 4.90 Å². The van der Waals surface area contributed by atoms with E-state index in [9.17, 15) is 14.4 Å². The molecule has 5 heteroatoms. The summed E-state index contributed by atoms with van der Waals surface area (Å²) in [6.07, 6.45) is 1.16. The van der Waals surface area contributed by atoms with Gasteiger partial charge in [-0.05, 0) is 40.5 Å². The fraction of sp³-hybridized carbons (Fsp3) is 0.750. The molecule has 0 aromatic carbocycles. The molecule has 0 N–H and O–H groups in total. The maximum atomic E-state index is 11.9. The maximum absolute atomic E-state index is 11.9. The van der Waals surface area contributed by atoms with Crippen LogP contribution in [-0.2, 0) is 14.3 Å². The van der Waals surface area contributed by atoms with Gasteiger partial charge in [-0.25, -0.2) is 4.79 Å². The fourth-order valence-corrected chi connectivity index (χ4v) is 1.95. The minimum absolute atomic E-state index is 0.111. The molecule has 0 bridgehead atoms. The van der Waals surface area contributed by atoms with Gasteiger partial charge in [0.1, 0.15) is 11.9 Å². The molecule has 1 heterocycles. The van der Waals surface area contributed by atoms with Crippen LogP contribution in [0.1, 0.15) is 40.5 Å². The lowest BCUT2D eigenvalue weighted by Gasteiger charge is -2.29. The first-order valence-corrected chi connectivity index (χ1v) is 5.73. The molecule has 2 atom stereocenters. The molecule has 0 saturated carbocycles. The Morgan fingerprint density at radius 2 is 1.88 bits per heavy atom. The molecule has 1 unspecified atom stereocenters. The molecule has 5 nitrogen and oxygen atoms in total. The van der Waals surface area contributed by atoms with Crippen molar-refractivity contribution in [1.29, 1.82) is 0 Å². The van der Waals surface area contributed by atoms with Crippen molar-refractivity contribution < 1.29 is 19.1 Å². The number of rotatable bonds is 2. The fourth-order valence-electron chi connectivity index (χ4n) is 1.95. The summed E-state index contributed by atoms with van der Waals surface area (Å²) in [5.74, 6) is -0.111. The highest BCUT2D eigenvalue weighted by molar-refractivity contribution is 5.88. The molecule has 17 heavy (non-hydrogen) atoms. The second-order valence-corrected chi connectivity index (χ2v) is 5.29. The number of hydrogen-bond acceptors (Lipinski definition) is 4. The van der Waals surface area contributed by atoms with Gasteiger partial charge in [0.2, 0.25) is 0 Å². The smallest absolute Gasteiger partial charge is 0.411 e. The summed E-state index contributed by atoms with van der Waals surface area (Å²) in [6, 6.07) is -1.07. The molecule has 1 amide bonds. The molecular weight excluding hydrogens is 222 g/mol. The third kappa shape index (κ3) is 3.28. The molecule has 1 aliphatic rings. The van der Waals surface area contributed by atoms with E-state index < -0.39 is 23.8 Å². The van der Waals surface area contributed by atoms with Crippen LogP contribution in [0.25, 0.3) is 0 Å². The van der Waals surface area contributed by atoms with Crippen molar-refractivity contribution in [2.45, 2.75) is 58.2 Å². The van der Waals surface area contributed by atoms with Crippen LogP contribution in [0.3, 0.4) is 0 Å². The second-order valence-electron chi connectivity index (χ2n) is 5.29. The van der Waals surface area contributed by atoms with Crippen LogP contribution in [0.5, 0.6) is 0 Å². The molecule has 1 fully saturated rings. The van der Waals surface area contributed by atoms with E-state index in [1.807, 2.05) is 0 Å². The Morgan fingerprint density at radius 1 is 1.29 bits per heavy atom. The number of carbonyl (C=O) groups is 3. The van der Waals surface area contributed by atoms with Gasteiger partial charge < -0.3 is 9.53 Å². The molecule has 0 aliphatic carbocycles. The average molecular weight is 241 g/mol.